The second-order valence-electron chi connectivity index (χ2n) is 5.35. The van der Waals surface area contributed by atoms with Crippen LogP contribution in [0.2, 0.25) is 0 Å². The minimum atomic E-state index is -0.536. The molecule has 3 rings (SSSR count). The van der Waals surface area contributed by atoms with E-state index < -0.39 is 5.97 Å². The number of carboxylic acids is 1. The van der Waals surface area contributed by atoms with Crippen molar-refractivity contribution >= 4 is 5.97 Å². The van der Waals surface area contributed by atoms with E-state index in [0.717, 1.165) is 18.3 Å². The second kappa shape index (κ2) is 2.10. The Morgan fingerprint density at radius 1 is 1.46 bits per heavy atom. The summed E-state index contributed by atoms with van der Waals surface area (Å²) in [5.74, 6) is 1.57. The molecule has 0 saturated heterocycles. The van der Waals surface area contributed by atoms with E-state index in [1.165, 1.54) is 19.3 Å². The molecule has 3 saturated carbocycles. The fourth-order valence-electron chi connectivity index (χ4n) is 4.47. The highest BCUT2D eigenvalue weighted by Gasteiger charge is 2.68. The SMILES string of the molecule is CC1CC23CCC2C(C(=O)O)CC13. The Kier molecular flexibility index (Phi) is 1.27. The number of carbonyl (C=O) groups is 1. The average Bonchev–Trinajstić information content (AvgIpc) is 2.19. The molecule has 2 heteroatoms. The molecule has 2 nitrogen and oxygen atoms in total. The maximum Gasteiger partial charge on any atom is 0.306 e. The van der Waals surface area contributed by atoms with Crippen molar-refractivity contribution in [3.63, 3.8) is 0 Å². The molecule has 0 radical (unpaired) electrons. The van der Waals surface area contributed by atoms with Crippen LogP contribution in [0.1, 0.15) is 32.6 Å². The molecule has 5 atom stereocenters. The highest BCUT2D eigenvalue weighted by Crippen LogP contribution is 2.74. The molecule has 0 aromatic carbocycles. The Hall–Kier alpha value is -0.530. The van der Waals surface area contributed by atoms with Gasteiger partial charge in [-0.15, -0.1) is 0 Å². The van der Waals surface area contributed by atoms with Crippen molar-refractivity contribution in [3.05, 3.63) is 0 Å². The van der Waals surface area contributed by atoms with Gasteiger partial charge >= 0.3 is 5.97 Å². The van der Waals surface area contributed by atoms with Crippen molar-refractivity contribution in [1.82, 2.24) is 0 Å². The first-order chi connectivity index (χ1) is 6.15. The van der Waals surface area contributed by atoms with Crippen LogP contribution in [0.4, 0.5) is 0 Å². The number of hydrogen-bond donors (Lipinski definition) is 1. The number of hydrogen-bond acceptors (Lipinski definition) is 1. The smallest absolute Gasteiger partial charge is 0.306 e. The third kappa shape index (κ3) is 0.695. The summed E-state index contributed by atoms with van der Waals surface area (Å²) in [7, 11) is 0. The summed E-state index contributed by atoms with van der Waals surface area (Å²) >= 11 is 0. The zero-order valence-corrected chi connectivity index (χ0v) is 7.99. The quantitative estimate of drug-likeness (QED) is 0.671. The Balaban J connectivity index is 1.88. The van der Waals surface area contributed by atoms with E-state index in [2.05, 4.69) is 6.92 Å². The highest BCUT2D eigenvalue weighted by atomic mass is 16.4. The molecule has 13 heavy (non-hydrogen) atoms. The zero-order valence-electron chi connectivity index (χ0n) is 7.99. The Morgan fingerprint density at radius 3 is 2.62 bits per heavy atom. The molecular formula is C11H16O2. The van der Waals surface area contributed by atoms with Crippen molar-refractivity contribution in [2.24, 2.45) is 29.1 Å². The summed E-state index contributed by atoms with van der Waals surface area (Å²) in [6, 6.07) is 0. The van der Waals surface area contributed by atoms with Crippen LogP contribution < -0.4 is 0 Å². The normalized spacial score (nSPS) is 57.3. The molecule has 1 N–H and O–H groups in total. The summed E-state index contributed by atoms with van der Waals surface area (Å²) in [6.45, 7) is 2.29. The topological polar surface area (TPSA) is 37.3 Å². The standard InChI is InChI=1S/C11H16O2/c1-6-5-11-3-2-8(11)7(10(12)13)4-9(6)11/h6-9H,2-5H2,1H3,(H,12,13). The predicted molar refractivity (Wildman–Crippen MR) is 48.2 cm³/mol. The Bertz CT molecular complexity index is 273. The molecule has 0 aromatic rings. The number of aliphatic carboxylic acids is 1. The zero-order chi connectivity index (χ0) is 9.22. The van der Waals surface area contributed by atoms with Crippen molar-refractivity contribution in [3.8, 4) is 0 Å². The van der Waals surface area contributed by atoms with Gasteiger partial charge in [0.25, 0.3) is 0 Å². The van der Waals surface area contributed by atoms with Crippen LogP contribution in [-0.2, 0) is 4.79 Å². The van der Waals surface area contributed by atoms with E-state index in [9.17, 15) is 4.79 Å². The van der Waals surface area contributed by atoms with Crippen molar-refractivity contribution < 1.29 is 9.90 Å². The van der Waals surface area contributed by atoms with Crippen molar-refractivity contribution in [2.45, 2.75) is 32.6 Å². The van der Waals surface area contributed by atoms with Crippen molar-refractivity contribution in [2.75, 3.05) is 0 Å². The van der Waals surface area contributed by atoms with Crippen LogP contribution in [0, 0.1) is 29.1 Å². The third-order valence-corrected chi connectivity index (χ3v) is 5.10. The monoisotopic (exact) mass is 180 g/mol. The van der Waals surface area contributed by atoms with Crippen LogP contribution in [-0.4, -0.2) is 11.1 Å². The molecule has 1 spiro atoms. The van der Waals surface area contributed by atoms with Gasteiger partial charge in [-0.1, -0.05) is 6.92 Å². The molecule has 3 aliphatic carbocycles. The molecule has 0 aliphatic heterocycles. The Morgan fingerprint density at radius 2 is 2.23 bits per heavy atom. The molecule has 72 valence electrons. The molecule has 3 fully saturated rings. The van der Waals surface area contributed by atoms with Gasteiger partial charge in [0.15, 0.2) is 0 Å². The first-order valence-corrected chi connectivity index (χ1v) is 5.38. The summed E-state index contributed by atoms with van der Waals surface area (Å²) in [5, 5.41) is 9.08. The lowest BCUT2D eigenvalue weighted by molar-refractivity contribution is -0.150. The van der Waals surface area contributed by atoms with Crippen LogP contribution in [0.5, 0.6) is 0 Å². The van der Waals surface area contributed by atoms with Crippen LogP contribution in [0.3, 0.4) is 0 Å². The molecular weight excluding hydrogens is 164 g/mol. The molecule has 0 bridgehead atoms. The van der Waals surface area contributed by atoms with Crippen LogP contribution in [0.25, 0.3) is 0 Å². The summed E-state index contributed by atoms with van der Waals surface area (Å²) in [6.07, 6.45) is 4.78. The van der Waals surface area contributed by atoms with Gasteiger partial charge in [0.1, 0.15) is 0 Å². The summed E-state index contributed by atoms with van der Waals surface area (Å²) in [5.41, 5.74) is 0.516. The third-order valence-electron chi connectivity index (χ3n) is 5.10. The molecule has 0 heterocycles. The van der Waals surface area contributed by atoms with E-state index in [1.807, 2.05) is 0 Å². The lowest BCUT2D eigenvalue weighted by Crippen LogP contribution is -2.53. The molecule has 0 aromatic heterocycles. The first kappa shape index (κ1) is 7.84. The fraction of sp³-hybridized carbons (Fsp3) is 0.909. The summed E-state index contributed by atoms with van der Waals surface area (Å²) < 4.78 is 0. The lowest BCUT2D eigenvalue weighted by atomic mass is 9.44. The minimum Gasteiger partial charge on any atom is -0.481 e. The first-order valence-electron chi connectivity index (χ1n) is 5.38. The van der Waals surface area contributed by atoms with E-state index in [1.54, 1.807) is 0 Å². The van der Waals surface area contributed by atoms with Crippen LogP contribution >= 0.6 is 0 Å². The molecule has 3 aliphatic rings. The Labute approximate surface area is 78.3 Å². The largest absolute Gasteiger partial charge is 0.481 e. The molecule has 5 unspecified atom stereocenters. The highest BCUT2D eigenvalue weighted by molar-refractivity contribution is 5.71. The van der Waals surface area contributed by atoms with Gasteiger partial charge in [0.2, 0.25) is 0 Å². The van der Waals surface area contributed by atoms with Gasteiger partial charge in [0.05, 0.1) is 5.92 Å². The van der Waals surface area contributed by atoms with Crippen molar-refractivity contribution in [1.29, 1.82) is 0 Å². The van der Waals surface area contributed by atoms with E-state index >= 15 is 0 Å². The van der Waals surface area contributed by atoms with Gasteiger partial charge in [-0.3, -0.25) is 4.79 Å². The summed E-state index contributed by atoms with van der Waals surface area (Å²) in [4.78, 5) is 11.0. The van der Waals surface area contributed by atoms with Gasteiger partial charge < -0.3 is 5.11 Å². The van der Waals surface area contributed by atoms with Gasteiger partial charge in [-0.2, -0.15) is 0 Å². The maximum absolute atomic E-state index is 11.0. The number of carboxylic acid groups (broad SMARTS) is 1. The minimum absolute atomic E-state index is 0.00343. The van der Waals surface area contributed by atoms with E-state index in [0.29, 0.717) is 11.3 Å². The second-order valence-corrected chi connectivity index (χ2v) is 5.35. The maximum atomic E-state index is 11.0. The van der Waals surface area contributed by atoms with Gasteiger partial charge in [0, 0.05) is 0 Å². The number of rotatable bonds is 1. The predicted octanol–water partition coefficient (Wildman–Crippen LogP) is 2.14. The van der Waals surface area contributed by atoms with Crippen LogP contribution in [0.15, 0.2) is 0 Å². The van der Waals surface area contributed by atoms with Gasteiger partial charge in [-0.25, -0.2) is 0 Å². The van der Waals surface area contributed by atoms with E-state index in [4.69, 9.17) is 5.11 Å². The lowest BCUT2D eigenvalue weighted by Gasteiger charge is -2.60. The molecule has 0 amide bonds. The fourth-order valence-corrected chi connectivity index (χ4v) is 4.47. The van der Waals surface area contributed by atoms with Gasteiger partial charge in [-0.05, 0) is 48.9 Å². The average molecular weight is 180 g/mol. The van der Waals surface area contributed by atoms with E-state index in [-0.39, 0.29) is 5.92 Å².